The Kier molecular flexibility index (Phi) is 6.41. The normalized spacial score (nSPS) is 11.7. The fraction of sp³-hybridized carbons (Fsp3) is 0.333. The first kappa shape index (κ1) is 18.9. The van der Waals surface area contributed by atoms with Gasteiger partial charge < -0.3 is 15.2 Å². The molecule has 0 saturated carbocycles. The van der Waals surface area contributed by atoms with E-state index in [9.17, 15) is 4.39 Å². The summed E-state index contributed by atoms with van der Waals surface area (Å²) in [6.45, 7) is 4.24. The number of halogens is 1. The van der Waals surface area contributed by atoms with Crippen LogP contribution < -0.4 is 5.32 Å². The fourth-order valence-corrected chi connectivity index (χ4v) is 2.96. The Morgan fingerprint density at radius 1 is 1.19 bits per heavy atom. The van der Waals surface area contributed by atoms with Gasteiger partial charge in [-0.1, -0.05) is 24.3 Å². The molecule has 0 aliphatic carbocycles. The van der Waals surface area contributed by atoms with E-state index in [4.69, 9.17) is 4.99 Å². The van der Waals surface area contributed by atoms with Gasteiger partial charge in [-0.15, -0.1) is 0 Å². The van der Waals surface area contributed by atoms with Crippen LogP contribution in [0.25, 0.3) is 11.0 Å². The van der Waals surface area contributed by atoms with Gasteiger partial charge >= 0.3 is 0 Å². The number of rotatable bonds is 7. The molecule has 2 N–H and O–H groups in total. The smallest absolute Gasteiger partial charge is 0.193 e. The van der Waals surface area contributed by atoms with Crippen LogP contribution in [0.4, 0.5) is 4.39 Å². The van der Waals surface area contributed by atoms with Crippen molar-refractivity contribution in [2.24, 2.45) is 4.99 Å². The van der Waals surface area contributed by atoms with Crippen molar-refractivity contribution in [2.45, 2.75) is 26.3 Å². The lowest BCUT2D eigenvalue weighted by atomic mass is 10.2. The average Bonchev–Trinajstić information content (AvgIpc) is 3.09. The Balaban J connectivity index is 1.55. The van der Waals surface area contributed by atoms with Crippen molar-refractivity contribution in [3.63, 3.8) is 0 Å². The number of hydrogen-bond donors (Lipinski definition) is 2. The summed E-state index contributed by atoms with van der Waals surface area (Å²) < 4.78 is 13.1. The molecule has 0 saturated heterocycles. The van der Waals surface area contributed by atoms with Crippen LogP contribution in [0, 0.1) is 5.82 Å². The third kappa shape index (κ3) is 5.29. The summed E-state index contributed by atoms with van der Waals surface area (Å²) in [6.07, 6.45) is 1.78. The predicted molar refractivity (Wildman–Crippen MR) is 108 cm³/mol. The van der Waals surface area contributed by atoms with E-state index in [0.29, 0.717) is 13.1 Å². The number of fused-ring (bicyclic) bond motifs is 1. The first-order chi connectivity index (χ1) is 13.2. The molecule has 27 heavy (non-hydrogen) atoms. The van der Waals surface area contributed by atoms with E-state index in [1.807, 2.05) is 31.3 Å². The van der Waals surface area contributed by atoms with Gasteiger partial charge in [-0.3, -0.25) is 4.99 Å². The summed E-state index contributed by atoms with van der Waals surface area (Å²) >= 11 is 0. The molecule has 142 valence electrons. The lowest BCUT2D eigenvalue weighted by molar-refractivity contribution is 0.476. The zero-order valence-electron chi connectivity index (χ0n) is 15.9. The van der Waals surface area contributed by atoms with Crippen molar-refractivity contribution in [2.75, 3.05) is 20.1 Å². The number of benzene rings is 2. The summed E-state index contributed by atoms with van der Waals surface area (Å²) in [5.74, 6) is 1.63. The maximum Gasteiger partial charge on any atom is 0.193 e. The van der Waals surface area contributed by atoms with Crippen LogP contribution in [0.15, 0.2) is 53.5 Å². The Labute approximate surface area is 159 Å². The van der Waals surface area contributed by atoms with Crippen molar-refractivity contribution >= 4 is 17.0 Å². The van der Waals surface area contributed by atoms with E-state index in [2.05, 4.69) is 27.1 Å². The highest BCUT2D eigenvalue weighted by Gasteiger charge is 2.07. The molecular formula is C21H26FN5. The van der Waals surface area contributed by atoms with Gasteiger partial charge in [0.15, 0.2) is 5.96 Å². The summed E-state index contributed by atoms with van der Waals surface area (Å²) in [4.78, 5) is 14.7. The number of aromatic amines is 1. The minimum Gasteiger partial charge on any atom is -0.357 e. The molecule has 0 fully saturated rings. The fourth-order valence-electron chi connectivity index (χ4n) is 2.96. The molecule has 1 heterocycles. The van der Waals surface area contributed by atoms with Crippen molar-refractivity contribution in [3.05, 3.63) is 65.7 Å². The lowest BCUT2D eigenvalue weighted by Gasteiger charge is -2.22. The number of nitrogens with zero attached hydrogens (tertiary/aromatic N) is 3. The second-order valence-corrected chi connectivity index (χ2v) is 6.52. The monoisotopic (exact) mass is 367 g/mol. The predicted octanol–water partition coefficient (Wildman–Crippen LogP) is 3.73. The highest BCUT2D eigenvalue weighted by Crippen LogP contribution is 2.11. The summed E-state index contributed by atoms with van der Waals surface area (Å²) in [6, 6.07) is 14.6. The minimum absolute atomic E-state index is 0.215. The van der Waals surface area contributed by atoms with E-state index in [1.165, 1.54) is 12.1 Å². The molecule has 3 aromatic rings. The van der Waals surface area contributed by atoms with Crippen LogP contribution >= 0.6 is 0 Å². The third-order valence-electron chi connectivity index (χ3n) is 4.30. The van der Waals surface area contributed by atoms with Gasteiger partial charge in [0.2, 0.25) is 0 Å². The molecule has 1 aromatic heterocycles. The summed E-state index contributed by atoms with van der Waals surface area (Å²) in [7, 11) is 1.99. The Morgan fingerprint density at radius 2 is 1.96 bits per heavy atom. The number of para-hydroxylation sites is 2. The van der Waals surface area contributed by atoms with E-state index < -0.39 is 0 Å². The Bertz CT molecular complexity index is 852. The average molecular weight is 367 g/mol. The van der Waals surface area contributed by atoms with Crippen LogP contribution in [0.3, 0.4) is 0 Å². The zero-order chi connectivity index (χ0) is 19.1. The molecule has 0 unspecified atom stereocenters. The molecule has 2 aromatic carbocycles. The van der Waals surface area contributed by atoms with Gasteiger partial charge in [0.1, 0.15) is 11.6 Å². The standard InChI is InChI=1S/C21H26FN5/c1-3-23-21(27(2)15-16-10-12-17(22)13-11-16)24-14-6-9-20-25-18-7-4-5-8-19(18)26-20/h4-5,7-8,10-13H,3,6,9,14-15H2,1-2H3,(H,23,24)(H,25,26). The van der Waals surface area contributed by atoms with Crippen molar-refractivity contribution < 1.29 is 4.39 Å². The van der Waals surface area contributed by atoms with Crippen molar-refractivity contribution in [1.82, 2.24) is 20.2 Å². The van der Waals surface area contributed by atoms with E-state index in [0.717, 1.165) is 47.8 Å². The number of hydrogen-bond acceptors (Lipinski definition) is 2. The van der Waals surface area contributed by atoms with Gasteiger partial charge in [0.25, 0.3) is 0 Å². The Hall–Kier alpha value is -2.89. The van der Waals surface area contributed by atoms with Gasteiger partial charge in [-0.2, -0.15) is 0 Å². The molecule has 0 bridgehead atoms. The van der Waals surface area contributed by atoms with Crippen LogP contribution in [0.5, 0.6) is 0 Å². The molecule has 5 nitrogen and oxygen atoms in total. The number of aryl methyl sites for hydroxylation is 1. The number of imidazole rings is 1. The maximum absolute atomic E-state index is 13.1. The lowest BCUT2D eigenvalue weighted by Crippen LogP contribution is -2.38. The molecular weight excluding hydrogens is 341 g/mol. The second kappa shape index (κ2) is 9.16. The van der Waals surface area contributed by atoms with Crippen LogP contribution in [-0.4, -0.2) is 41.0 Å². The summed E-state index contributed by atoms with van der Waals surface area (Å²) in [5, 5.41) is 3.31. The molecule has 0 radical (unpaired) electrons. The third-order valence-corrected chi connectivity index (χ3v) is 4.30. The van der Waals surface area contributed by atoms with Gasteiger partial charge in [0, 0.05) is 33.1 Å². The molecule has 0 spiro atoms. The molecule has 0 amide bonds. The minimum atomic E-state index is -0.215. The number of H-pyrrole nitrogens is 1. The van der Waals surface area contributed by atoms with Gasteiger partial charge in [0.05, 0.1) is 11.0 Å². The first-order valence-electron chi connectivity index (χ1n) is 9.33. The van der Waals surface area contributed by atoms with E-state index in [-0.39, 0.29) is 5.82 Å². The van der Waals surface area contributed by atoms with E-state index >= 15 is 0 Å². The van der Waals surface area contributed by atoms with Crippen molar-refractivity contribution in [1.29, 1.82) is 0 Å². The molecule has 0 aliphatic rings. The highest BCUT2D eigenvalue weighted by molar-refractivity contribution is 5.79. The quantitative estimate of drug-likeness (QED) is 0.380. The zero-order valence-corrected chi connectivity index (χ0v) is 15.9. The number of guanidine groups is 1. The highest BCUT2D eigenvalue weighted by atomic mass is 19.1. The Morgan fingerprint density at radius 3 is 2.70 bits per heavy atom. The van der Waals surface area contributed by atoms with Gasteiger partial charge in [-0.25, -0.2) is 9.37 Å². The molecule has 0 aliphatic heterocycles. The van der Waals surface area contributed by atoms with Crippen LogP contribution in [-0.2, 0) is 13.0 Å². The van der Waals surface area contributed by atoms with Crippen LogP contribution in [0.2, 0.25) is 0 Å². The van der Waals surface area contributed by atoms with Gasteiger partial charge in [-0.05, 0) is 43.2 Å². The number of aliphatic imine (C=N–C) groups is 1. The SMILES string of the molecule is CCNC(=NCCCc1nc2ccccc2[nH]1)N(C)Cc1ccc(F)cc1. The number of aromatic nitrogens is 2. The van der Waals surface area contributed by atoms with E-state index in [1.54, 1.807) is 12.1 Å². The topological polar surface area (TPSA) is 56.3 Å². The first-order valence-corrected chi connectivity index (χ1v) is 9.33. The largest absolute Gasteiger partial charge is 0.357 e. The molecule has 6 heteroatoms. The maximum atomic E-state index is 13.1. The summed E-state index contributed by atoms with van der Waals surface area (Å²) in [5.41, 5.74) is 3.12. The molecule has 3 rings (SSSR count). The van der Waals surface area contributed by atoms with Crippen molar-refractivity contribution in [3.8, 4) is 0 Å². The molecule has 0 atom stereocenters. The number of nitrogens with one attached hydrogen (secondary N) is 2. The van der Waals surface area contributed by atoms with Crippen LogP contribution in [0.1, 0.15) is 24.7 Å². The second-order valence-electron chi connectivity index (χ2n) is 6.52.